The Bertz CT molecular complexity index is 779. The number of aromatic nitrogens is 1. The molecule has 0 aliphatic carbocycles. The predicted octanol–water partition coefficient (Wildman–Crippen LogP) is 1.65. The predicted molar refractivity (Wildman–Crippen MR) is 106 cm³/mol. The molecule has 142 valence electrons. The van der Waals surface area contributed by atoms with Crippen LogP contribution in [0.15, 0.2) is 48.7 Å². The molecule has 2 aromatic rings. The van der Waals surface area contributed by atoms with Crippen LogP contribution in [0.25, 0.3) is 0 Å². The SMILES string of the molecule is CCN(C)C(C(=O)Nc1ccc(N2CCNC(=O)C2)nc1)c1ccccc1. The van der Waals surface area contributed by atoms with E-state index in [-0.39, 0.29) is 17.9 Å². The number of nitrogens with zero attached hydrogens (tertiary/aromatic N) is 3. The summed E-state index contributed by atoms with van der Waals surface area (Å²) in [6.45, 7) is 4.41. The molecule has 2 heterocycles. The van der Waals surface area contributed by atoms with Gasteiger partial charge in [-0.15, -0.1) is 0 Å². The third-order valence-electron chi connectivity index (χ3n) is 4.68. The highest BCUT2D eigenvalue weighted by Gasteiger charge is 2.24. The summed E-state index contributed by atoms with van der Waals surface area (Å²) in [4.78, 5) is 32.7. The van der Waals surface area contributed by atoms with Crippen LogP contribution in [0, 0.1) is 0 Å². The number of benzene rings is 1. The van der Waals surface area contributed by atoms with Gasteiger partial charge in [-0.25, -0.2) is 4.98 Å². The van der Waals surface area contributed by atoms with Crippen molar-refractivity contribution in [2.75, 3.05) is 43.4 Å². The molecule has 0 saturated carbocycles. The van der Waals surface area contributed by atoms with Crippen molar-refractivity contribution in [3.63, 3.8) is 0 Å². The van der Waals surface area contributed by atoms with Gasteiger partial charge in [0.25, 0.3) is 0 Å². The van der Waals surface area contributed by atoms with Gasteiger partial charge in [-0.2, -0.15) is 0 Å². The number of hydrogen-bond donors (Lipinski definition) is 2. The third kappa shape index (κ3) is 4.62. The van der Waals surface area contributed by atoms with Crippen LogP contribution in [-0.2, 0) is 9.59 Å². The first kappa shape index (κ1) is 18.8. The number of hydrogen-bond acceptors (Lipinski definition) is 5. The van der Waals surface area contributed by atoms with Gasteiger partial charge >= 0.3 is 0 Å². The van der Waals surface area contributed by atoms with E-state index < -0.39 is 0 Å². The second kappa shape index (κ2) is 8.64. The molecule has 0 radical (unpaired) electrons. The maximum atomic E-state index is 12.9. The molecule has 2 N–H and O–H groups in total. The smallest absolute Gasteiger partial charge is 0.246 e. The largest absolute Gasteiger partial charge is 0.353 e. The van der Waals surface area contributed by atoms with Crippen LogP contribution in [0.5, 0.6) is 0 Å². The number of anilines is 2. The van der Waals surface area contributed by atoms with Gasteiger partial charge in [-0.1, -0.05) is 37.3 Å². The van der Waals surface area contributed by atoms with Gasteiger partial charge < -0.3 is 15.5 Å². The van der Waals surface area contributed by atoms with Crippen LogP contribution >= 0.6 is 0 Å². The third-order valence-corrected chi connectivity index (χ3v) is 4.68. The summed E-state index contributed by atoms with van der Waals surface area (Å²) in [6.07, 6.45) is 1.63. The van der Waals surface area contributed by atoms with Crippen LogP contribution in [0.3, 0.4) is 0 Å². The standard InChI is InChI=1S/C20H25N5O2/c1-3-24(2)19(15-7-5-4-6-8-15)20(27)23-16-9-10-17(22-13-16)25-12-11-21-18(26)14-25/h4-10,13,19H,3,11-12,14H2,1-2H3,(H,21,26)(H,23,27). The van der Waals surface area contributed by atoms with Gasteiger partial charge in [-0.05, 0) is 31.3 Å². The van der Waals surface area contributed by atoms with Crippen molar-refractivity contribution in [3.8, 4) is 0 Å². The van der Waals surface area contributed by atoms with E-state index in [2.05, 4.69) is 15.6 Å². The molecule has 0 spiro atoms. The number of likely N-dealkylation sites (N-methyl/N-ethyl adjacent to an activating group) is 1. The van der Waals surface area contributed by atoms with Gasteiger partial charge in [0.15, 0.2) is 0 Å². The minimum atomic E-state index is -0.373. The quantitative estimate of drug-likeness (QED) is 0.812. The summed E-state index contributed by atoms with van der Waals surface area (Å²) < 4.78 is 0. The Hall–Kier alpha value is -2.93. The van der Waals surface area contributed by atoms with E-state index in [9.17, 15) is 9.59 Å². The Kier molecular flexibility index (Phi) is 6.03. The number of amides is 2. The van der Waals surface area contributed by atoms with Crippen LogP contribution in [0.2, 0.25) is 0 Å². The van der Waals surface area contributed by atoms with E-state index in [1.165, 1.54) is 0 Å². The van der Waals surface area contributed by atoms with Gasteiger partial charge in [0, 0.05) is 13.1 Å². The molecular formula is C20H25N5O2. The number of pyridine rings is 1. The van der Waals surface area contributed by atoms with Crippen LogP contribution in [0.4, 0.5) is 11.5 Å². The molecule has 1 unspecified atom stereocenters. The average Bonchev–Trinajstić information content (AvgIpc) is 2.69. The van der Waals surface area contributed by atoms with Crippen LogP contribution in [0.1, 0.15) is 18.5 Å². The maximum absolute atomic E-state index is 12.9. The second-order valence-corrected chi connectivity index (χ2v) is 6.55. The molecule has 7 heteroatoms. The van der Waals surface area contributed by atoms with Crippen molar-refractivity contribution < 1.29 is 9.59 Å². The first-order valence-corrected chi connectivity index (χ1v) is 9.12. The van der Waals surface area contributed by atoms with E-state index in [0.29, 0.717) is 18.8 Å². The molecule has 1 aromatic heterocycles. The highest BCUT2D eigenvalue weighted by atomic mass is 16.2. The number of nitrogens with one attached hydrogen (secondary N) is 2. The topological polar surface area (TPSA) is 77.6 Å². The Morgan fingerprint density at radius 1 is 1.30 bits per heavy atom. The molecule has 27 heavy (non-hydrogen) atoms. The summed E-state index contributed by atoms with van der Waals surface area (Å²) in [5.41, 5.74) is 1.58. The maximum Gasteiger partial charge on any atom is 0.246 e. The number of piperazine rings is 1. The molecule has 2 amide bonds. The van der Waals surface area contributed by atoms with Gasteiger partial charge in [-0.3, -0.25) is 14.5 Å². The zero-order valence-corrected chi connectivity index (χ0v) is 15.7. The molecule has 1 atom stereocenters. The fraction of sp³-hybridized carbons (Fsp3) is 0.350. The van der Waals surface area contributed by atoms with Crippen LogP contribution < -0.4 is 15.5 Å². The normalized spacial score (nSPS) is 15.4. The lowest BCUT2D eigenvalue weighted by Gasteiger charge is -2.28. The summed E-state index contributed by atoms with van der Waals surface area (Å²) in [6, 6.07) is 13.0. The van der Waals surface area contributed by atoms with E-state index in [0.717, 1.165) is 24.5 Å². The molecule has 7 nitrogen and oxygen atoms in total. The molecule has 0 bridgehead atoms. The van der Waals surface area contributed by atoms with E-state index in [4.69, 9.17) is 0 Å². The molecule has 1 aromatic carbocycles. The van der Waals surface area contributed by atoms with Gasteiger partial charge in [0.2, 0.25) is 11.8 Å². The highest BCUT2D eigenvalue weighted by Crippen LogP contribution is 2.22. The van der Waals surface area contributed by atoms with E-state index in [1.54, 1.807) is 6.20 Å². The second-order valence-electron chi connectivity index (χ2n) is 6.55. The Morgan fingerprint density at radius 3 is 2.70 bits per heavy atom. The zero-order valence-electron chi connectivity index (χ0n) is 15.7. The number of rotatable bonds is 6. The fourth-order valence-corrected chi connectivity index (χ4v) is 3.12. The lowest BCUT2D eigenvalue weighted by molar-refractivity contribution is -0.121. The Balaban J connectivity index is 1.71. The van der Waals surface area contributed by atoms with Crippen molar-refractivity contribution in [3.05, 3.63) is 54.2 Å². The van der Waals surface area contributed by atoms with E-state index in [1.807, 2.05) is 66.2 Å². The zero-order chi connectivity index (χ0) is 19.2. The number of carbonyl (C=O) groups excluding carboxylic acids is 2. The minimum absolute atomic E-state index is 0.00580. The highest BCUT2D eigenvalue weighted by molar-refractivity contribution is 5.95. The molecule has 1 fully saturated rings. The minimum Gasteiger partial charge on any atom is -0.353 e. The molecule has 1 aliphatic heterocycles. The van der Waals surface area contributed by atoms with Crippen molar-refractivity contribution in [2.24, 2.45) is 0 Å². The summed E-state index contributed by atoms with van der Waals surface area (Å²) in [5, 5.41) is 5.75. The van der Waals surface area contributed by atoms with Gasteiger partial charge in [0.05, 0.1) is 18.4 Å². The Labute approximate surface area is 159 Å². The van der Waals surface area contributed by atoms with Gasteiger partial charge in [0.1, 0.15) is 11.9 Å². The molecule has 1 aliphatic rings. The van der Waals surface area contributed by atoms with E-state index >= 15 is 0 Å². The first-order chi connectivity index (χ1) is 13.1. The van der Waals surface area contributed by atoms with Crippen molar-refractivity contribution in [1.29, 1.82) is 0 Å². The summed E-state index contributed by atoms with van der Waals surface area (Å²) >= 11 is 0. The molecule has 3 rings (SSSR count). The average molecular weight is 367 g/mol. The van der Waals surface area contributed by atoms with Crippen molar-refractivity contribution in [2.45, 2.75) is 13.0 Å². The lowest BCUT2D eigenvalue weighted by atomic mass is 10.0. The monoisotopic (exact) mass is 367 g/mol. The van der Waals surface area contributed by atoms with Crippen molar-refractivity contribution >= 4 is 23.3 Å². The van der Waals surface area contributed by atoms with Crippen LogP contribution in [-0.4, -0.2) is 54.9 Å². The number of carbonyl (C=O) groups is 2. The summed E-state index contributed by atoms with van der Waals surface area (Å²) in [5.74, 6) is 0.624. The fourth-order valence-electron chi connectivity index (χ4n) is 3.12. The molecule has 1 saturated heterocycles. The lowest BCUT2D eigenvalue weighted by Crippen LogP contribution is -2.48. The molecular weight excluding hydrogens is 342 g/mol. The first-order valence-electron chi connectivity index (χ1n) is 9.12. The Morgan fingerprint density at radius 2 is 2.07 bits per heavy atom. The summed E-state index contributed by atoms with van der Waals surface area (Å²) in [7, 11) is 1.93. The van der Waals surface area contributed by atoms with Crippen molar-refractivity contribution in [1.82, 2.24) is 15.2 Å².